The average Bonchev–Trinajstić information content (AvgIpc) is 2.81. The smallest absolute Gasteiger partial charge is 0.162 e. The van der Waals surface area contributed by atoms with E-state index in [1.54, 1.807) is 36.6 Å². The Hall–Kier alpha value is -1.33. The molecule has 1 aromatic carbocycles. The molecule has 0 bridgehead atoms. The zero-order valence-corrected chi connectivity index (χ0v) is 12.1. The van der Waals surface area contributed by atoms with Crippen molar-refractivity contribution < 1.29 is 14.3 Å². The Morgan fingerprint density at radius 3 is 2.78 bits per heavy atom. The highest BCUT2D eigenvalue weighted by molar-refractivity contribution is 9.10. The molecule has 0 N–H and O–H groups in total. The van der Waals surface area contributed by atoms with Gasteiger partial charge < -0.3 is 9.47 Å². The maximum Gasteiger partial charge on any atom is 0.162 e. The van der Waals surface area contributed by atoms with E-state index in [4.69, 9.17) is 9.47 Å². The summed E-state index contributed by atoms with van der Waals surface area (Å²) in [4.78, 5) is 11.8. The molecule has 0 radical (unpaired) electrons. The van der Waals surface area contributed by atoms with Gasteiger partial charge in [-0.25, -0.2) is 0 Å². The average molecular weight is 327 g/mol. The van der Waals surface area contributed by atoms with Crippen LogP contribution in [0.5, 0.6) is 11.5 Å². The van der Waals surface area contributed by atoms with Crippen LogP contribution in [0.3, 0.4) is 0 Å². The van der Waals surface area contributed by atoms with E-state index in [-0.39, 0.29) is 0 Å². The van der Waals surface area contributed by atoms with Crippen molar-refractivity contribution in [2.45, 2.75) is 6.61 Å². The summed E-state index contributed by atoms with van der Waals surface area (Å²) in [6, 6.07) is 7.10. The van der Waals surface area contributed by atoms with Crippen molar-refractivity contribution in [3.63, 3.8) is 0 Å². The first kappa shape index (κ1) is 13.1. The number of aldehydes is 1. The van der Waals surface area contributed by atoms with Gasteiger partial charge in [0.25, 0.3) is 0 Å². The fraction of sp³-hybridized carbons (Fsp3) is 0.154. The first-order valence-corrected chi connectivity index (χ1v) is 6.89. The van der Waals surface area contributed by atoms with Crippen LogP contribution in [0.1, 0.15) is 15.2 Å². The topological polar surface area (TPSA) is 35.5 Å². The van der Waals surface area contributed by atoms with Gasteiger partial charge in [-0.1, -0.05) is 0 Å². The largest absolute Gasteiger partial charge is 0.493 e. The van der Waals surface area contributed by atoms with E-state index in [1.165, 1.54) is 0 Å². The molecule has 18 heavy (non-hydrogen) atoms. The standard InChI is InChI=1S/C13H11BrO3S/c1-16-12-3-2-9(6-15)4-13(12)17-7-11-5-10(14)8-18-11/h2-6,8H,7H2,1H3. The van der Waals surface area contributed by atoms with E-state index in [0.717, 1.165) is 15.6 Å². The summed E-state index contributed by atoms with van der Waals surface area (Å²) in [6.45, 7) is 0.453. The Morgan fingerprint density at radius 2 is 2.17 bits per heavy atom. The zero-order valence-electron chi connectivity index (χ0n) is 9.68. The molecular weight excluding hydrogens is 316 g/mol. The molecule has 1 heterocycles. The molecule has 0 saturated carbocycles. The van der Waals surface area contributed by atoms with Crippen LogP contribution in [0.25, 0.3) is 0 Å². The van der Waals surface area contributed by atoms with Gasteiger partial charge in [0.05, 0.1) is 7.11 Å². The molecule has 2 aromatic rings. The minimum Gasteiger partial charge on any atom is -0.493 e. The monoisotopic (exact) mass is 326 g/mol. The second kappa shape index (κ2) is 6.02. The number of carbonyl (C=O) groups is 1. The van der Waals surface area contributed by atoms with Gasteiger partial charge in [0, 0.05) is 20.3 Å². The number of carbonyl (C=O) groups excluding carboxylic acids is 1. The number of hydrogen-bond acceptors (Lipinski definition) is 4. The molecular formula is C13H11BrO3S. The number of rotatable bonds is 5. The fourth-order valence-corrected chi connectivity index (χ4v) is 2.82. The lowest BCUT2D eigenvalue weighted by Crippen LogP contribution is -1.97. The second-order valence-corrected chi connectivity index (χ2v) is 5.46. The summed E-state index contributed by atoms with van der Waals surface area (Å²) in [7, 11) is 1.57. The lowest BCUT2D eigenvalue weighted by molar-refractivity contribution is 0.112. The molecule has 94 valence electrons. The molecule has 0 aliphatic carbocycles. The lowest BCUT2D eigenvalue weighted by Gasteiger charge is -2.10. The van der Waals surface area contributed by atoms with Crippen molar-refractivity contribution in [2.24, 2.45) is 0 Å². The zero-order chi connectivity index (χ0) is 13.0. The van der Waals surface area contributed by atoms with Crippen molar-refractivity contribution in [3.05, 3.63) is 44.6 Å². The Kier molecular flexibility index (Phi) is 4.38. The molecule has 5 heteroatoms. The maximum absolute atomic E-state index is 10.7. The lowest BCUT2D eigenvalue weighted by atomic mass is 10.2. The molecule has 0 fully saturated rings. The van der Waals surface area contributed by atoms with Crippen LogP contribution in [0.2, 0.25) is 0 Å². The van der Waals surface area contributed by atoms with Crippen LogP contribution in [-0.4, -0.2) is 13.4 Å². The Labute approximate surface area is 117 Å². The van der Waals surface area contributed by atoms with Gasteiger partial charge in [-0.2, -0.15) is 0 Å². The van der Waals surface area contributed by atoms with E-state index in [2.05, 4.69) is 15.9 Å². The van der Waals surface area contributed by atoms with Crippen molar-refractivity contribution in [1.82, 2.24) is 0 Å². The van der Waals surface area contributed by atoms with Crippen molar-refractivity contribution in [1.29, 1.82) is 0 Å². The fourth-order valence-electron chi connectivity index (χ4n) is 1.46. The van der Waals surface area contributed by atoms with Crippen LogP contribution in [0.15, 0.2) is 34.1 Å². The van der Waals surface area contributed by atoms with Crippen LogP contribution in [0, 0.1) is 0 Å². The highest BCUT2D eigenvalue weighted by Crippen LogP contribution is 2.29. The highest BCUT2D eigenvalue weighted by Gasteiger charge is 2.06. The van der Waals surface area contributed by atoms with E-state index < -0.39 is 0 Å². The first-order chi connectivity index (χ1) is 8.72. The molecule has 1 aromatic heterocycles. The number of ether oxygens (including phenoxy) is 2. The van der Waals surface area contributed by atoms with E-state index in [1.807, 2.05) is 11.4 Å². The van der Waals surface area contributed by atoms with Crippen LogP contribution < -0.4 is 9.47 Å². The van der Waals surface area contributed by atoms with E-state index in [0.29, 0.717) is 23.7 Å². The van der Waals surface area contributed by atoms with E-state index in [9.17, 15) is 4.79 Å². The number of benzene rings is 1. The molecule has 2 rings (SSSR count). The van der Waals surface area contributed by atoms with Crippen LogP contribution >= 0.6 is 27.3 Å². The summed E-state index contributed by atoms with van der Waals surface area (Å²) in [5.41, 5.74) is 0.568. The molecule has 3 nitrogen and oxygen atoms in total. The Bertz CT molecular complexity index is 551. The van der Waals surface area contributed by atoms with Gasteiger partial charge >= 0.3 is 0 Å². The predicted molar refractivity (Wildman–Crippen MR) is 74.7 cm³/mol. The number of methoxy groups -OCH3 is 1. The summed E-state index contributed by atoms with van der Waals surface area (Å²) < 4.78 is 11.9. The van der Waals surface area contributed by atoms with Gasteiger partial charge in [0.15, 0.2) is 11.5 Å². The van der Waals surface area contributed by atoms with Crippen molar-refractivity contribution in [3.8, 4) is 11.5 Å². The number of hydrogen-bond donors (Lipinski definition) is 0. The van der Waals surface area contributed by atoms with Crippen molar-refractivity contribution in [2.75, 3.05) is 7.11 Å². The third-order valence-electron chi connectivity index (χ3n) is 2.32. The highest BCUT2D eigenvalue weighted by atomic mass is 79.9. The summed E-state index contributed by atoms with van der Waals surface area (Å²) in [6.07, 6.45) is 0.786. The Morgan fingerprint density at radius 1 is 1.33 bits per heavy atom. The van der Waals surface area contributed by atoms with Crippen LogP contribution in [0.4, 0.5) is 0 Å². The maximum atomic E-state index is 10.7. The first-order valence-electron chi connectivity index (χ1n) is 5.22. The molecule has 0 unspecified atom stereocenters. The normalized spacial score (nSPS) is 10.1. The molecule has 0 aliphatic heterocycles. The number of halogens is 1. The van der Waals surface area contributed by atoms with Gasteiger partial charge in [-0.15, -0.1) is 11.3 Å². The molecule has 0 amide bonds. The summed E-state index contributed by atoms with van der Waals surface area (Å²) in [5, 5.41) is 2.00. The minimum absolute atomic E-state index is 0.453. The number of thiophene rings is 1. The molecule has 0 aliphatic rings. The van der Waals surface area contributed by atoms with Crippen LogP contribution in [-0.2, 0) is 6.61 Å². The molecule has 0 saturated heterocycles. The summed E-state index contributed by atoms with van der Waals surface area (Å²) in [5.74, 6) is 1.20. The second-order valence-electron chi connectivity index (χ2n) is 3.55. The van der Waals surface area contributed by atoms with Gasteiger partial charge in [-0.05, 0) is 40.2 Å². The van der Waals surface area contributed by atoms with Gasteiger partial charge in [0.2, 0.25) is 0 Å². The van der Waals surface area contributed by atoms with E-state index >= 15 is 0 Å². The summed E-state index contributed by atoms with van der Waals surface area (Å²) >= 11 is 5.00. The minimum atomic E-state index is 0.453. The molecule has 0 atom stereocenters. The third kappa shape index (κ3) is 3.11. The SMILES string of the molecule is COc1ccc(C=O)cc1OCc1cc(Br)cs1. The molecule has 0 spiro atoms. The third-order valence-corrected chi connectivity index (χ3v) is 3.99. The predicted octanol–water partition coefficient (Wildman–Crippen LogP) is 3.91. The quantitative estimate of drug-likeness (QED) is 0.781. The van der Waals surface area contributed by atoms with Gasteiger partial charge in [0.1, 0.15) is 12.9 Å². The van der Waals surface area contributed by atoms with Crippen molar-refractivity contribution >= 4 is 33.6 Å². The van der Waals surface area contributed by atoms with Gasteiger partial charge in [-0.3, -0.25) is 4.79 Å². The Balaban J connectivity index is 2.14.